The summed E-state index contributed by atoms with van der Waals surface area (Å²) < 4.78 is 67.8. The van der Waals surface area contributed by atoms with Gasteiger partial charge in [-0.3, -0.25) is 9.11 Å². The zero-order valence-corrected chi connectivity index (χ0v) is 14.0. The van der Waals surface area contributed by atoms with Crippen LogP contribution in [0.4, 0.5) is 0 Å². The van der Waals surface area contributed by atoms with E-state index in [-0.39, 0.29) is 13.2 Å². The maximum absolute atomic E-state index is 10.7. The standard InChI is InChI=1S/C11H24O8S2/c1-3-4-7-11(2,10-19-21(15,16)17)8-5-6-9-18-20(12,13)14/h3-10H2,1-2H3,(H,12,13,14)(H,15,16,17). The zero-order valence-electron chi connectivity index (χ0n) is 12.3. The molecule has 0 aromatic rings. The lowest BCUT2D eigenvalue weighted by molar-refractivity contribution is 0.124. The first-order valence-corrected chi connectivity index (χ1v) is 9.44. The Hall–Kier alpha value is -0.260. The van der Waals surface area contributed by atoms with Crippen LogP contribution in [0.5, 0.6) is 0 Å². The van der Waals surface area contributed by atoms with Crippen molar-refractivity contribution in [2.75, 3.05) is 13.2 Å². The van der Waals surface area contributed by atoms with Crippen LogP contribution in [0.15, 0.2) is 0 Å². The lowest BCUT2D eigenvalue weighted by Gasteiger charge is -2.28. The molecule has 0 spiro atoms. The normalized spacial score (nSPS) is 15.8. The first-order chi connectivity index (χ1) is 9.47. The lowest BCUT2D eigenvalue weighted by Crippen LogP contribution is -2.25. The Morgan fingerprint density at radius 2 is 1.43 bits per heavy atom. The van der Waals surface area contributed by atoms with E-state index in [0.29, 0.717) is 19.3 Å². The largest absolute Gasteiger partial charge is 0.397 e. The second-order valence-electron chi connectivity index (χ2n) is 5.31. The predicted molar refractivity (Wildman–Crippen MR) is 76.5 cm³/mol. The second-order valence-corrected chi connectivity index (χ2v) is 7.49. The minimum atomic E-state index is -4.47. The summed E-state index contributed by atoms with van der Waals surface area (Å²) in [4.78, 5) is 0. The topological polar surface area (TPSA) is 127 Å². The first kappa shape index (κ1) is 20.7. The van der Waals surface area contributed by atoms with Crippen LogP contribution >= 0.6 is 0 Å². The highest BCUT2D eigenvalue weighted by Crippen LogP contribution is 2.31. The fraction of sp³-hybridized carbons (Fsp3) is 1.00. The van der Waals surface area contributed by atoms with Crippen LogP contribution < -0.4 is 0 Å². The molecule has 1 unspecified atom stereocenters. The monoisotopic (exact) mass is 348 g/mol. The van der Waals surface area contributed by atoms with E-state index in [0.717, 1.165) is 19.3 Å². The van der Waals surface area contributed by atoms with Gasteiger partial charge in [-0.1, -0.05) is 33.1 Å². The number of hydrogen-bond acceptors (Lipinski definition) is 6. The van der Waals surface area contributed by atoms with E-state index >= 15 is 0 Å². The molecule has 21 heavy (non-hydrogen) atoms. The molecule has 0 heterocycles. The van der Waals surface area contributed by atoms with Crippen molar-refractivity contribution in [1.82, 2.24) is 0 Å². The smallest absolute Gasteiger partial charge is 0.264 e. The molecule has 0 amide bonds. The number of rotatable bonds is 12. The summed E-state index contributed by atoms with van der Waals surface area (Å²) in [7, 11) is -8.89. The Balaban J connectivity index is 4.28. The van der Waals surface area contributed by atoms with Gasteiger partial charge in [-0.25, -0.2) is 8.37 Å². The Labute approximate surface area is 126 Å². The molecule has 2 N–H and O–H groups in total. The molecule has 0 saturated carbocycles. The van der Waals surface area contributed by atoms with Gasteiger partial charge in [-0.2, -0.15) is 16.8 Å². The van der Waals surface area contributed by atoms with Crippen molar-refractivity contribution in [3.63, 3.8) is 0 Å². The average molecular weight is 348 g/mol. The molecule has 0 saturated heterocycles. The molecule has 8 nitrogen and oxygen atoms in total. The van der Waals surface area contributed by atoms with Crippen LogP contribution in [0, 0.1) is 5.41 Å². The van der Waals surface area contributed by atoms with E-state index in [4.69, 9.17) is 9.11 Å². The fourth-order valence-corrected chi connectivity index (χ4v) is 2.67. The molecular formula is C11H24O8S2. The quantitative estimate of drug-likeness (QED) is 0.405. The van der Waals surface area contributed by atoms with Crippen molar-refractivity contribution >= 4 is 20.8 Å². The summed E-state index contributed by atoms with van der Waals surface area (Å²) >= 11 is 0. The van der Waals surface area contributed by atoms with E-state index in [2.05, 4.69) is 8.37 Å². The SMILES string of the molecule is CCCCC(C)(CCCCOS(=O)(=O)O)COS(=O)(=O)O. The van der Waals surface area contributed by atoms with Gasteiger partial charge in [0.1, 0.15) is 0 Å². The molecular weight excluding hydrogens is 324 g/mol. The van der Waals surface area contributed by atoms with E-state index in [1.807, 2.05) is 13.8 Å². The molecule has 0 bridgehead atoms. The maximum atomic E-state index is 10.7. The molecule has 0 aliphatic rings. The summed E-state index contributed by atoms with van der Waals surface area (Å²) in [6.07, 6.45) is 4.09. The summed E-state index contributed by atoms with van der Waals surface area (Å²) in [6.45, 7) is 3.58. The zero-order chi connectivity index (χ0) is 16.6. The second kappa shape index (κ2) is 9.01. The molecule has 0 aliphatic carbocycles. The Morgan fingerprint density at radius 1 is 0.905 bits per heavy atom. The van der Waals surface area contributed by atoms with Crippen LogP contribution in [0.3, 0.4) is 0 Å². The van der Waals surface area contributed by atoms with Gasteiger partial charge in [0, 0.05) is 0 Å². The molecule has 0 rings (SSSR count). The predicted octanol–water partition coefficient (Wildman–Crippen LogP) is 1.99. The van der Waals surface area contributed by atoms with E-state index in [9.17, 15) is 16.8 Å². The van der Waals surface area contributed by atoms with Crippen molar-refractivity contribution < 1.29 is 34.3 Å². The molecule has 0 aliphatic heterocycles. The summed E-state index contributed by atoms with van der Waals surface area (Å²) in [5, 5.41) is 0. The fourth-order valence-electron chi connectivity index (χ4n) is 1.91. The van der Waals surface area contributed by atoms with Crippen LogP contribution in [-0.2, 0) is 29.2 Å². The highest BCUT2D eigenvalue weighted by molar-refractivity contribution is 7.81. The molecule has 128 valence electrons. The van der Waals surface area contributed by atoms with Gasteiger partial charge < -0.3 is 0 Å². The van der Waals surface area contributed by atoms with Crippen molar-refractivity contribution in [3.8, 4) is 0 Å². The summed E-state index contributed by atoms with van der Waals surface area (Å²) in [6, 6.07) is 0. The third-order valence-electron chi connectivity index (χ3n) is 3.10. The highest BCUT2D eigenvalue weighted by Gasteiger charge is 2.26. The molecule has 0 aromatic carbocycles. The third kappa shape index (κ3) is 13.1. The third-order valence-corrected chi connectivity index (χ3v) is 3.98. The first-order valence-electron chi connectivity index (χ1n) is 6.71. The van der Waals surface area contributed by atoms with Crippen molar-refractivity contribution in [2.24, 2.45) is 5.41 Å². The summed E-state index contributed by atoms with van der Waals surface area (Å²) in [5.74, 6) is 0. The van der Waals surface area contributed by atoms with Crippen LogP contribution in [0.1, 0.15) is 52.4 Å². The highest BCUT2D eigenvalue weighted by atomic mass is 32.3. The van der Waals surface area contributed by atoms with Gasteiger partial charge in [0.05, 0.1) is 13.2 Å². The van der Waals surface area contributed by atoms with Crippen molar-refractivity contribution in [1.29, 1.82) is 0 Å². The van der Waals surface area contributed by atoms with Gasteiger partial charge in [0.2, 0.25) is 0 Å². The molecule has 1 atom stereocenters. The van der Waals surface area contributed by atoms with Gasteiger partial charge in [0.15, 0.2) is 0 Å². The Bertz CT molecular complexity index is 484. The molecule has 0 radical (unpaired) electrons. The molecule has 0 aromatic heterocycles. The molecule has 10 heteroatoms. The van der Waals surface area contributed by atoms with E-state index in [1.165, 1.54) is 0 Å². The number of unbranched alkanes of at least 4 members (excludes halogenated alkanes) is 2. The van der Waals surface area contributed by atoms with Gasteiger partial charge in [-0.05, 0) is 24.7 Å². The van der Waals surface area contributed by atoms with Gasteiger partial charge in [0.25, 0.3) is 0 Å². The Morgan fingerprint density at radius 3 is 1.90 bits per heavy atom. The minimum Gasteiger partial charge on any atom is -0.264 e. The van der Waals surface area contributed by atoms with Crippen LogP contribution in [-0.4, -0.2) is 39.2 Å². The van der Waals surface area contributed by atoms with Crippen molar-refractivity contribution in [2.45, 2.75) is 52.4 Å². The lowest BCUT2D eigenvalue weighted by atomic mass is 9.81. The van der Waals surface area contributed by atoms with Crippen LogP contribution in [0.25, 0.3) is 0 Å². The van der Waals surface area contributed by atoms with Crippen LogP contribution in [0.2, 0.25) is 0 Å². The van der Waals surface area contributed by atoms with Crippen molar-refractivity contribution in [3.05, 3.63) is 0 Å². The van der Waals surface area contributed by atoms with Gasteiger partial charge in [-0.15, -0.1) is 0 Å². The Kier molecular flexibility index (Phi) is 8.90. The van der Waals surface area contributed by atoms with E-state index in [1.54, 1.807) is 0 Å². The summed E-state index contributed by atoms with van der Waals surface area (Å²) in [5.41, 5.74) is -0.441. The molecule has 0 fully saturated rings. The number of hydrogen-bond donors (Lipinski definition) is 2. The maximum Gasteiger partial charge on any atom is 0.397 e. The van der Waals surface area contributed by atoms with E-state index < -0.39 is 26.2 Å². The minimum absolute atomic E-state index is 0.134. The average Bonchev–Trinajstić information content (AvgIpc) is 2.32. The van der Waals surface area contributed by atoms with Gasteiger partial charge >= 0.3 is 20.8 Å².